The normalized spacial score (nSPS) is 10.6. The minimum absolute atomic E-state index is 0.108. The summed E-state index contributed by atoms with van der Waals surface area (Å²) in [6.45, 7) is -0.108. The van der Waals surface area contributed by atoms with Crippen LogP contribution in [0.15, 0.2) is 82.0 Å². The van der Waals surface area contributed by atoms with E-state index in [-0.39, 0.29) is 12.4 Å². The molecule has 0 aliphatic heterocycles. The first kappa shape index (κ1) is 20.2. The molecule has 0 saturated carbocycles. The lowest BCUT2D eigenvalue weighted by Crippen LogP contribution is -2.11. The van der Waals surface area contributed by atoms with E-state index in [1.807, 2.05) is 6.07 Å². The van der Waals surface area contributed by atoms with E-state index in [1.54, 1.807) is 73.8 Å². The molecule has 156 valence electrons. The molecular formula is C25H20O6. The number of hydrogen-bond donors (Lipinski definition) is 0. The number of fused-ring (bicyclic) bond motifs is 1. The van der Waals surface area contributed by atoms with E-state index in [0.29, 0.717) is 39.5 Å². The fourth-order valence-corrected chi connectivity index (χ4v) is 3.24. The molecule has 3 aromatic carbocycles. The van der Waals surface area contributed by atoms with Gasteiger partial charge in [-0.3, -0.25) is 4.79 Å². The molecule has 0 saturated heterocycles. The summed E-state index contributed by atoms with van der Waals surface area (Å²) in [6, 6.07) is 21.0. The number of methoxy groups -OCH3 is 2. The molecule has 4 aromatic rings. The molecule has 0 fully saturated rings. The monoisotopic (exact) mass is 416 g/mol. The van der Waals surface area contributed by atoms with Crippen LogP contribution in [-0.4, -0.2) is 26.6 Å². The fraction of sp³-hybridized carbons (Fsp3) is 0.120. The quantitative estimate of drug-likeness (QED) is 0.320. The molecule has 0 bridgehead atoms. The van der Waals surface area contributed by atoms with Crippen molar-refractivity contribution in [1.29, 1.82) is 0 Å². The summed E-state index contributed by atoms with van der Waals surface area (Å²) in [5.41, 5.74) is 1.52. The average Bonchev–Trinajstić information content (AvgIpc) is 2.82. The van der Waals surface area contributed by atoms with Crippen LogP contribution in [0.5, 0.6) is 17.2 Å². The molecule has 0 spiro atoms. The minimum atomic E-state index is -0.489. The number of Topliss-reactive ketones (excluding diaryl/α,β-unsaturated/α-hetero) is 1. The number of ether oxygens (including phenoxy) is 3. The van der Waals surface area contributed by atoms with Crippen molar-refractivity contribution >= 4 is 16.8 Å². The minimum Gasteiger partial charge on any atom is -0.493 e. The molecule has 0 atom stereocenters. The van der Waals surface area contributed by atoms with Gasteiger partial charge < -0.3 is 18.6 Å². The highest BCUT2D eigenvalue weighted by molar-refractivity contribution is 5.97. The van der Waals surface area contributed by atoms with Gasteiger partial charge in [-0.25, -0.2) is 4.79 Å². The number of benzene rings is 3. The molecule has 0 unspecified atom stereocenters. The Kier molecular flexibility index (Phi) is 5.71. The van der Waals surface area contributed by atoms with Gasteiger partial charge in [0.05, 0.1) is 19.8 Å². The molecular weight excluding hydrogens is 396 g/mol. The zero-order chi connectivity index (χ0) is 21.8. The van der Waals surface area contributed by atoms with Gasteiger partial charge in [0.15, 0.2) is 23.9 Å². The van der Waals surface area contributed by atoms with Crippen molar-refractivity contribution in [3.05, 3.63) is 88.8 Å². The average molecular weight is 416 g/mol. The van der Waals surface area contributed by atoms with E-state index in [2.05, 4.69) is 0 Å². The number of hydrogen-bond acceptors (Lipinski definition) is 6. The predicted octanol–water partition coefficient (Wildman–Crippen LogP) is 4.74. The molecule has 4 rings (SSSR count). The smallest absolute Gasteiger partial charge is 0.344 e. The van der Waals surface area contributed by atoms with Crippen LogP contribution >= 0.6 is 0 Å². The van der Waals surface area contributed by atoms with E-state index >= 15 is 0 Å². The molecule has 31 heavy (non-hydrogen) atoms. The van der Waals surface area contributed by atoms with Crippen LogP contribution in [0.25, 0.3) is 22.1 Å². The summed E-state index contributed by atoms with van der Waals surface area (Å²) < 4.78 is 21.7. The molecule has 0 aliphatic carbocycles. The largest absolute Gasteiger partial charge is 0.493 e. The van der Waals surface area contributed by atoms with E-state index in [1.165, 1.54) is 7.11 Å². The lowest BCUT2D eigenvalue weighted by molar-refractivity contribution is 0.0921. The Balaban J connectivity index is 1.59. The Morgan fingerprint density at radius 3 is 2.39 bits per heavy atom. The van der Waals surface area contributed by atoms with Gasteiger partial charge >= 0.3 is 5.63 Å². The summed E-state index contributed by atoms with van der Waals surface area (Å²) in [7, 11) is 3.09. The maximum Gasteiger partial charge on any atom is 0.344 e. The Labute approximate surface area is 178 Å². The van der Waals surface area contributed by atoms with Crippen molar-refractivity contribution in [2.24, 2.45) is 0 Å². The van der Waals surface area contributed by atoms with Gasteiger partial charge in [-0.1, -0.05) is 36.4 Å². The Bertz CT molecular complexity index is 1290. The molecule has 6 nitrogen and oxygen atoms in total. The van der Waals surface area contributed by atoms with Crippen LogP contribution in [0.2, 0.25) is 0 Å². The lowest BCUT2D eigenvalue weighted by Gasteiger charge is -2.10. The highest BCUT2D eigenvalue weighted by atomic mass is 16.5. The first-order valence-corrected chi connectivity index (χ1v) is 9.60. The van der Waals surface area contributed by atoms with E-state index in [4.69, 9.17) is 18.6 Å². The Morgan fingerprint density at radius 2 is 1.65 bits per heavy atom. The van der Waals surface area contributed by atoms with Gasteiger partial charge in [-0.05, 0) is 35.9 Å². The Hall–Kier alpha value is -4.06. The van der Waals surface area contributed by atoms with E-state index in [9.17, 15) is 9.59 Å². The topological polar surface area (TPSA) is 75.0 Å². The second-order valence-corrected chi connectivity index (χ2v) is 6.79. The molecule has 6 heteroatoms. The maximum absolute atomic E-state index is 12.6. The maximum atomic E-state index is 12.6. The van der Waals surface area contributed by atoms with Crippen LogP contribution in [0.4, 0.5) is 0 Å². The number of ketones is 1. The number of carbonyl (C=O) groups excluding carboxylic acids is 1. The van der Waals surface area contributed by atoms with Gasteiger partial charge in [0.1, 0.15) is 11.3 Å². The third-order valence-electron chi connectivity index (χ3n) is 4.87. The van der Waals surface area contributed by atoms with Crippen LogP contribution in [0.1, 0.15) is 10.4 Å². The van der Waals surface area contributed by atoms with Gasteiger partial charge in [0.2, 0.25) is 0 Å². The van der Waals surface area contributed by atoms with Crippen molar-refractivity contribution in [2.45, 2.75) is 0 Å². The molecule has 1 aromatic heterocycles. The standard InChI is InChI=1S/C25H20O6/c1-28-22-11-9-17(13-24(22)29-2)20-12-18-8-10-19(14-23(18)31-25(20)27)30-15-21(26)16-6-4-3-5-7-16/h3-14H,15H2,1-2H3. The summed E-state index contributed by atoms with van der Waals surface area (Å²) >= 11 is 0. The first-order valence-electron chi connectivity index (χ1n) is 9.60. The highest BCUT2D eigenvalue weighted by Gasteiger charge is 2.13. The zero-order valence-corrected chi connectivity index (χ0v) is 17.1. The van der Waals surface area contributed by atoms with Crippen LogP contribution in [-0.2, 0) is 0 Å². The van der Waals surface area contributed by atoms with E-state index in [0.717, 1.165) is 5.39 Å². The van der Waals surface area contributed by atoms with Gasteiger partial charge in [-0.2, -0.15) is 0 Å². The van der Waals surface area contributed by atoms with Gasteiger partial charge in [0, 0.05) is 17.0 Å². The molecule has 0 aliphatic rings. The summed E-state index contributed by atoms with van der Waals surface area (Å²) in [5.74, 6) is 1.40. The van der Waals surface area contributed by atoms with Gasteiger partial charge in [0.25, 0.3) is 0 Å². The van der Waals surface area contributed by atoms with Crippen molar-refractivity contribution in [2.75, 3.05) is 20.8 Å². The summed E-state index contributed by atoms with van der Waals surface area (Å²) in [6.07, 6.45) is 0. The molecule has 0 radical (unpaired) electrons. The molecule has 1 heterocycles. The van der Waals surface area contributed by atoms with Gasteiger partial charge in [-0.15, -0.1) is 0 Å². The zero-order valence-electron chi connectivity index (χ0n) is 17.1. The van der Waals surface area contributed by atoms with Crippen molar-refractivity contribution in [1.82, 2.24) is 0 Å². The molecule has 0 N–H and O–H groups in total. The van der Waals surface area contributed by atoms with Crippen LogP contribution in [0.3, 0.4) is 0 Å². The van der Waals surface area contributed by atoms with Crippen LogP contribution in [0, 0.1) is 0 Å². The first-order chi connectivity index (χ1) is 15.1. The number of carbonyl (C=O) groups is 1. The van der Waals surface area contributed by atoms with Crippen molar-refractivity contribution in [3.8, 4) is 28.4 Å². The Morgan fingerprint density at radius 1 is 0.871 bits per heavy atom. The van der Waals surface area contributed by atoms with E-state index < -0.39 is 5.63 Å². The SMILES string of the molecule is COc1ccc(-c2cc3ccc(OCC(=O)c4ccccc4)cc3oc2=O)cc1OC. The fourth-order valence-electron chi connectivity index (χ4n) is 3.24. The second kappa shape index (κ2) is 8.75. The highest BCUT2D eigenvalue weighted by Crippen LogP contribution is 2.32. The number of rotatable bonds is 7. The lowest BCUT2D eigenvalue weighted by atomic mass is 10.1. The van der Waals surface area contributed by atoms with Crippen LogP contribution < -0.4 is 19.8 Å². The molecule has 0 amide bonds. The van der Waals surface area contributed by atoms with Crippen molar-refractivity contribution in [3.63, 3.8) is 0 Å². The third kappa shape index (κ3) is 4.28. The third-order valence-corrected chi connectivity index (χ3v) is 4.87. The summed E-state index contributed by atoms with van der Waals surface area (Å²) in [5, 5.41) is 0.728. The predicted molar refractivity (Wildman–Crippen MR) is 117 cm³/mol. The second-order valence-electron chi connectivity index (χ2n) is 6.79. The van der Waals surface area contributed by atoms with Crippen molar-refractivity contribution < 1.29 is 23.4 Å². The summed E-state index contributed by atoms with van der Waals surface area (Å²) in [4.78, 5) is 24.8.